The van der Waals surface area contributed by atoms with E-state index in [4.69, 9.17) is 10.5 Å². The Morgan fingerprint density at radius 2 is 2.17 bits per heavy atom. The van der Waals surface area contributed by atoms with Gasteiger partial charge in [-0.05, 0) is 30.5 Å². The monoisotopic (exact) mass is 250 g/mol. The second-order valence-electron chi connectivity index (χ2n) is 4.70. The van der Waals surface area contributed by atoms with E-state index in [1.165, 1.54) is 0 Å². The summed E-state index contributed by atoms with van der Waals surface area (Å²) < 4.78 is 5.50. The predicted octanol–water partition coefficient (Wildman–Crippen LogP) is 2.44. The molecule has 0 aliphatic carbocycles. The van der Waals surface area contributed by atoms with Crippen LogP contribution >= 0.6 is 0 Å². The van der Waals surface area contributed by atoms with Crippen molar-refractivity contribution in [1.29, 1.82) is 0 Å². The highest BCUT2D eigenvalue weighted by Crippen LogP contribution is 2.22. The summed E-state index contributed by atoms with van der Waals surface area (Å²) in [6.07, 6.45) is 0.906. The Morgan fingerprint density at radius 1 is 1.44 bits per heavy atom. The van der Waals surface area contributed by atoms with Gasteiger partial charge in [-0.1, -0.05) is 20.8 Å². The Labute approximate surface area is 109 Å². The molecule has 0 unspecified atom stereocenters. The summed E-state index contributed by atoms with van der Waals surface area (Å²) in [7, 11) is 0. The van der Waals surface area contributed by atoms with Crippen LogP contribution in [0.4, 0.5) is 5.69 Å². The average Bonchev–Trinajstić information content (AvgIpc) is 2.35. The minimum Gasteiger partial charge on any atom is -0.491 e. The van der Waals surface area contributed by atoms with Crippen molar-refractivity contribution in [2.45, 2.75) is 27.2 Å². The Hall–Kier alpha value is -1.71. The number of anilines is 1. The lowest BCUT2D eigenvalue weighted by atomic mass is 10.1. The summed E-state index contributed by atoms with van der Waals surface area (Å²) in [5.74, 6) is 0.914. The smallest absolute Gasteiger partial charge is 0.251 e. The normalized spacial score (nSPS) is 10.4. The SMILES string of the molecule is CCCOc1cc(C(=O)NCC(C)C)ccc1N. The van der Waals surface area contributed by atoms with Gasteiger partial charge >= 0.3 is 0 Å². The van der Waals surface area contributed by atoms with Crippen molar-refractivity contribution in [3.63, 3.8) is 0 Å². The van der Waals surface area contributed by atoms with Crippen molar-refractivity contribution in [2.75, 3.05) is 18.9 Å². The van der Waals surface area contributed by atoms with Crippen molar-refractivity contribution in [2.24, 2.45) is 5.92 Å². The first kappa shape index (κ1) is 14.4. The van der Waals surface area contributed by atoms with Gasteiger partial charge in [-0.2, -0.15) is 0 Å². The molecular weight excluding hydrogens is 228 g/mol. The number of nitrogens with one attached hydrogen (secondary N) is 1. The Kier molecular flexibility index (Phi) is 5.49. The van der Waals surface area contributed by atoms with Crippen LogP contribution in [0.3, 0.4) is 0 Å². The third kappa shape index (κ3) is 4.28. The first-order valence-electron chi connectivity index (χ1n) is 6.35. The molecule has 1 amide bonds. The summed E-state index contributed by atoms with van der Waals surface area (Å²) in [4.78, 5) is 11.9. The summed E-state index contributed by atoms with van der Waals surface area (Å²) in [5, 5.41) is 2.87. The number of carbonyl (C=O) groups is 1. The van der Waals surface area contributed by atoms with Gasteiger partial charge in [-0.15, -0.1) is 0 Å². The van der Waals surface area contributed by atoms with E-state index in [2.05, 4.69) is 19.2 Å². The van der Waals surface area contributed by atoms with Crippen LogP contribution in [0.2, 0.25) is 0 Å². The number of ether oxygens (including phenoxy) is 1. The molecule has 3 N–H and O–H groups in total. The zero-order chi connectivity index (χ0) is 13.5. The largest absolute Gasteiger partial charge is 0.491 e. The van der Waals surface area contributed by atoms with E-state index >= 15 is 0 Å². The van der Waals surface area contributed by atoms with Crippen LogP contribution in [-0.2, 0) is 0 Å². The van der Waals surface area contributed by atoms with E-state index in [1.54, 1.807) is 18.2 Å². The highest BCUT2D eigenvalue weighted by atomic mass is 16.5. The number of nitrogens with two attached hydrogens (primary N) is 1. The molecule has 0 saturated heterocycles. The average molecular weight is 250 g/mol. The minimum atomic E-state index is -0.0925. The number of hydrogen-bond donors (Lipinski definition) is 2. The standard InChI is InChI=1S/C14H22N2O2/c1-4-7-18-13-8-11(5-6-12(13)15)14(17)16-9-10(2)3/h5-6,8,10H,4,7,9,15H2,1-3H3,(H,16,17). The fraction of sp³-hybridized carbons (Fsp3) is 0.500. The van der Waals surface area contributed by atoms with Crippen LogP contribution in [0.25, 0.3) is 0 Å². The third-order valence-electron chi connectivity index (χ3n) is 2.41. The number of benzene rings is 1. The molecule has 0 saturated carbocycles. The molecule has 0 heterocycles. The van der Waals surface area contributed by atoms with E-state index in [1.807, 2.05) is 6.92 Å². The second kappa shape index (κ2) is 6.89. The molecule has 0 aromatic heterocycles. The summed E-state index contributed by atoms with van der Waals surface area (Å²) in [6, 6.07) is 5.11. The first-order chi connectivity index (χ1) is 8.54. The molecule has 1 aromatic rings. The molecule has 0 atom stereocenters. The van der Waals surface area contributed by atoms with Gasteiger partial charge in [0.25, 0.3) is 5.91 Å². The van der Waals surface area contributed by atoms with Crippen molar-refractivity contribution in [3.8, 4) is 5.75 Å². The van der Waals surface area contributed by atoms with E-state index in [9.17, 15) is 4.79 Å². The van der Waals surface area contributed by atoms with Crippen LogP contribution in [0.1, 0.15) is 37.6 Å². The van der Waals surface area contributed by atoms with E-state index < -0.39 is 0 Å². The van der Waals surface area contributed by atoms with Gasteiger partial charge < -0.3 is 15.8 Å². The molecule has 1 rings (SSSR count). The van der Waals surface area contributed by atoms with Crippen molar-refractivity contribution in [3.05, 3.63) is 23.8 Å². The maximum atomic E-state index is 11.9. The zero-order valence-corrected chi connectivity index (χ0v) is 11.3. The number of hydrogen-bond acceptors (Lipinski definition) is 3. The maximum Gasteiger partial charge on any atom is 0.251 e. The van der Waals surface area contributed by atoms with Crippen LogP contribution in [0.5, 0.6) is 5.75 Å². The molecule has 4 heteroatoms. The molecule has 0 radical (unpaired) electrons. The fourth-order valence-corrected chi connectivity index (χ4v) is 1.41. The number of nitrogen functional groups attached to an aromatic ring is 1. The molecule has 0 aliphatic heterocycles. The Balaban J connectivity index is 2.74. The predicted molar refractivity (Wildman–Crippen MR) is 73.8 cm³/mol. The molecule has 100 valence electrons. The lowest BCUT2D eigenvalue weighted by Crippen LogP contribution is -2.27. The van der Waals surface area contributed by atoms with Gasteiger partial charge in [-0.3, -0.25) is 4.79 Å². The topological polar surface area (TPSA) is 64.3 Å². The Morgan fingerprint density at radius 3 is 2.78 bits per heavy atom. The van der Waals surface area contributed by atoms with Gasteiger partial charge in [0.1, 0.15) is 5.75 Å². The lowest BCUT2D eigenvalue weighted by Gasteiger charge is -2.11. The van der Waals surface area contributed by atoms with Crippen LogP contribution in [0, 0.1) is 5.92 Å². The molecule has 0 aliphatic rings. The quantitative estimate of drug-likeness (QED) is 0.762. The van der Waals surface area contributed by atoms with Gasteiger partial charge in [0.15, 0.2) is 0 Å². The molecule has 0 fully saturated rings. The fourth-order valence-electron chi connectivity index (χ4n) is 1.41. The van der Waals surface area contributed by atoms with Crippen LogP contribution in [-0.4, -0.2) is 19.1 Å². The second-order valence-corrected chi connectivity index (χ2v) is 4.70. The van der Waals surface area contributed by atoms with Gasteiger partial charge in [0, 0.05) is 12.1 Å². The zero-order valence-electron chi connectivity index (χ0n) is 11.3. The highest BCUT2D eigenvalue weighted by molar-refractivity contribution is 5.95. The van der Waals surface area contributed by atoms with Gasteiger partial charge in [0.05, 0.1) is 12.3 Å². The van der Waals surface area contributed by atoms with Crippen molar-refractivity contribution in [1.82, 2.24) is 5.32 Å². The number of carbonyl (C=O) groups excluding carboxylic acids is 1. The molecule has 0 spiro atoms. The van der Waals surface area contributed by atoms with Crippen LogP contribution in [0.15, 0.2) is 18.2 Å². The van der Waals surface area contributed by atoms with Gasteiger partial charge in [-0.25, -0.2) is 0 Å². The first-order valence-corrected chi connectivity index (χ1v) is 6.35. The summed E-state index contributed by atoms with van der Waals surface area (Å²) in [6.45, 7) is 7.39. The maximum absolute atomic E-state index is 11.9. The van der Waals surface area contributed by atoms with Crippen molar-refractivity contribution < 1.29 is 9.53 Å². The van der Waals surface area contributed by atoms with E-state index in [-0.39, 0.29) is 5.91 Å². The van der Waals surface area contributed by atoms with E-state index in [0.717, 1.165) is 6.42 Å². The third-order valence-corrected chi connectivity index (χ3v) is 2.41. The number of rotatable bonds is 6. The summed E-state index contributed by atoms with van der Waals surface area (Å²) >= 11 is 0. The van der Waals surface area contributed by atoms with E-state index in [0.29, 0.717) is 36.1 Å². The highest BCUT2D eigenvalue weighted by Gasteiger charge is 2.09. The van der Waals surface area contributed by atoms with Crippen LogP contribution < -0.4 is 15.8 Å². The molecule has 0 bridgehead atoms. The molecule has 1 aromatic carbocycles. The minimum absolute atomic E-state index is 0.0925. The Bertz CT molecular complexity index is 403. The molecular formula is C14H22N2O2. The molecule has 18 heavy (non-hydrogen) atoms. The number of amides is 1. The molecule has 4 nitrogen and oxygen atoms in total. The summed E-state index contributed by atoms with van der Waals surface area (Å²) in [5.41, 5.74) is 6.93. The lowest BCUT2D eigenvalue weighted by molar-refractivity contribution is 0.0948. The van der Waals surface area contributed by atoms with Crippen molar-refractivity contribution >= 4 is 11.6 Å². The van der Waals surface area contributed by atoms with Gasteiger partial charge in [0.2, 0.25) is 0 Å².